The number of hydrogen-bond donors (Lipinski definition) is 1. The second-order valence-electron chi connectivity index (χ2n) is 5.10. The molecule has 1 fully saturated rings. The van der Waals surface area contributed by atoms with Crippen LogP contribution in [0.2, 0.25) is 0 Å². The molecule has 3 nitrogen and oxygen atoms in total. The molecule has 20 heavy (non-hydrogen) atoms. The number of halogens is 2. The van der Waals surface area contributed by atoms with Gasteiger partial charge in [-0.2, -0.15) is 0 Å². The summed E-state index contributed by atoms with van der Waals surface area (Å²) < 4.78 is 13.7. The molecule has 1 N–H and O–H groups in total. The van der Waals surface area contributed by atoms with Crippen molar-refractivity contribution in [3.63, 3.8) is 0 Å². The quantitative estimate of drug-likeness (QED) is 0.911. The molecule has 1 aromatic carbocycles. The molecule has 0 aliphatic carbocycles. The zero-order chi connectivity index (χ0) is 14.5. The summed E-state index contributed by atoms with van der Waals surface area (Å²) in [5, 5.41) is 3.31. The Morgan fingerprint density at radius 2 is 2.15 bits per heavy atom. The molecule has 5 heteroatoms. The molecule has 0 aromatic heterocycles. The first kappa shape index (κ1) is 15.4. The van der Waals surface area contributed by atoms with Gasteiger partial charge in [0.2, 0.25) is 0 Å². The van der Waals surface area contributed by atoms with Gasteiger partial charge >= 0.3 is 0 Å². The SMILES string of the molecule is CCCN(C(=O)c1ccc(F)cc1Br)C1CCNCC1. The summed E-state index contributed by atoms with van der Waals surface area (Å²) in [6.07, 6.45) is 2.88. The minimum absolute atomic E-state index is 0.00868. The van der Waals surface area contributed by atoms with Crippen molar-refractivity contribution in [2.24, 2.45) is 0 Å². The van der Waals surface area contributed by atoms with Crippen LogP contribution in [0.5, 0.6) is 0 Å². The van der Waals surface area contributed by atoms with Gasteiger partial charge in [-0.15, -0.1) is 0 Å². The number of piperidine rings is 1. The standard InChI is InChI=1S/C15H20BrFN2O/c1-2-9-19(12-5-7-18-8-6-12)15(20)13-4-3-11(17)10-14(13)16/h3-4,10,12,18H,2,5-9H2,1H3. The van der Waals surface area contributed by atoms with Gasteiger partial charge < -0.3 is 10.2 Å². The number of hydrogen-bond acceptors (Lipinski definition) is 2. The van der Waals surface area contributed by atoms with Gasteiger partial charge in [0.25, 0.3) is 5.91 Å². The highest BCUT2D eigenvalue weighted by Gasteiger charge is 2.26. The fourth-order valence-electron chi connectivity index (χ4n) is 2.63. The number of carbonyl (C=O) groups excluding carboxylic acids is 1. The lowest BCUT2D eigenvalue weighted by Crippen LogP contribution is -2.46. The van der Waals surface area contributed by atoms with Crippen LogP contribution in [0.15, 0.2) is 22.7 Å². The molecule has 1 aliphatic rings. The highest BCUT2D eigenvalue weighted by Crippen LogP contribution is 2.23. The van der Waals surface area contributed by atoms with Crippen LogP contribution in [-0.2, 0) is 0 Å². The van der Waals surface area contributed by atoms with Crippen LogP contribution < -0.4 is 5.32 Å². The summed E-state index contributed by atoms with van der Waals surface area (Å²) in [4.78, 5) is 14.7. The van der Waals surface area contributed by atoms with Crippen molar-refractivity contribution < 1.29 is 9.18 Å². The molecule has 0 saturated carbocycles. The minimum atomic E-state index is -0.336. The summed E-state index contributed by atoms with van der Waals surface area (Å²) in [7, 11) is 0. The Hall–Kier alpha value is -0.940. The van der Waals surface area contributed by atoms with Gasteiger partial charge in [0.15, 0.2) is 0 Å². The van der Waals surface area contributed by atoms with Crippen molar-refractivity contribution in [2.75, 3.05) is 19.6 Å². The van der Waals surface area contributed by atoms with E-state index in [-0.39, 0.29) is 17.8 Å². The maximum Gasteiger partial charge on any atom is 0.255 e. The smallest absolute Gasteiger partial charge is 0.255 e. The lowest BCUT2D eigenvalue weighted by Gasteiger charge is -2.34. The Kier molecular flexibility index (Phi) is 5.54. The first-order valence-corrected chi connectivity index (χ1v) is 7.89. The van der Waals surface area contributed by atoms with E-state index in [0.717, 1.165) is 38.9 Å². The first-order valence-electron chi connectivity index (χ1n) is 7.10. The van der Waals surface area contributed by atoms with E-state index in [1.54, 1.807) is 6.07 Å². The Balaban J connectivity index is 2.21. The second kappa shape index (κ2) is 7.18. The van der Waals surface area contributed by atoms with Crippen molar-refractivity contribution in [3.8, 4) is 0 Å². The molecule has 1 aliphatic heterocycles. The average molecular weight is 343 g/mol. The molecule has 0 radical (unpaired) electrons. The summed E-state index contributed by atoms with van der Waals surface area (Å²) in [6.45, 7) is 4.71. The van der Waals surface area contributed by atoms with Crippen molar-refractivity contribution in [1.82, 2.24) is 10.2 Å². The third-order valence-electron chi connectivity index (χ3n) is 3.64. The molecule has 0 unspecified atom stereocenters. The molecule has 1 heterocycles. The monoisotopic (exact) mass is 342 g/mol. The van der Waals surface area contributed by atoms with Crippen LogP contribution >= 0.6 is 15.9 Å². The molecule has 0 bridgehead atoms. The Labute approximate surface area is 127 Å². The van der Waals surface area contributed by atoms with E-state index < -0.39 is 0 Å². The molecule has 1 amide bonds. The maximum atomic E-state index is 13.2. The number of amides is 1. The lowest BCUT2D eigenvalue weighted by molar-refractivity contribution is 0.0641. The predicted octanol–water partition coefficient (Wildman–Crippen LogP) is 3.19. The third-order valence-corrected chi connectivity index (χ3v) is 4.29. The molecule has 1 aromatic rings. The Bertz CT molecular complexity index is 475. The predicted molar refractivity (Wildman–Crippen MR) is 81.3 cm³/mol. The number of nitrogens with one attached hydrogen (secondary N) is 1. The zero-order valence-corrected chi connectivity index (χ0v) is 13.2. The van der Waals surface area contributed by atoms with Crippen molar-refractivity contribution >= 4 is 21.8 Å². The number of carbonyl (C=O) groups is 1. The molecule has 0 atom stereocenters. The topological polar surface area (TPSA) is 32.3 Å². The van der Waals surface area contributed by atoms with E-state index in [9.17, 15) is 9.18 Å². The van der Waals surface area contributed by atoms with Gasteiger partial charge in [0.1, 0.15) is 5.82 Å². The summed E-state index contributed by atoms with van der Waals surface area (Å²) >= 11 is 3.29. The van der Waals surface area contributed by atoms with E-state index in [4.69, 9.17) is 0 Å². The summed E-state index contributed by atoms with van der Waals surface area (Å²) in [6, 6.07) is 4.52. The molecule has 1 saturated heterocycles. The van der Waals surface area contributed by atoms with Crippen LogP contribution in [0, 0.1) is 5.82 Å². The minimum Gasteiger partial charge on any atom is -0.336 e. The zero-order valence-electron chi connectivity index (χ0n) is 11.7. The van der Waals surface area contributed by atoms with E-state index in [0.29, 0.717) is 10.0 Å². The average Bonchev–Trinajstić information content (AvgIpc) is 2.45. The van der Waals surface area contributed by atoms with E-state index in [1.807, 2.05) is 4.90 Å². The maximum absolute atomic E-state index is 13.2. The third kappa shape index (κ3) is 3.58. The van der Waals surface area contributed by atoms with Gasteiger partial charge in [0, 0.05) is 17.1 Å². The highest BCUT2D eigenvalue weighted by molar-refractivity contribution is 9.10. The van der Waals surface area contributed by atoms with Crippen molar-refractivity contribution in [3.05, 3.63) is 34.1 Å². The fraction of sp³-hybridized carbons (Fsp3) is 0.533. The van der Waals surface area contributed by atoms with Gasteiger partial charge in [0.05, 0.1) is 5.56 Å². The number of nitrogens with zero attached hydrogens (tertiary/aromatic N) is 1. The van der Waals surface area contributed by atoms with Gasteiger partial charge in [-0.05, 0) is 66.5 Å². The van der Waals surface area contributed by atoms with E-state index in [1.165, 1.54) is 12.1 Å². The number of rotatable bonds is 4. The van der Waals surface area contributed by atoms with Crippen LogP contribution in [0.3, 0.4) is 0 Å². The lowest BCUT2D eigenvalue weighted by atomic mass is 10.0. The van der Waals surface area contributed by atoms with E-state index >= 15 is 0 Å². The molecular formula is C15H20BrFN2O. The largest absolute Gasteiger partial charge is 0.336 e. The second-order valence-corrected chi connectivity index (χ2v) is 5.96. The van der Waals surface area contributed by atoms with Gasteiger partial charge in [-0.3, -0.25) is 4.79 Å². The van der Waals surface area contributed by atoms with E-state index in [2.05, 4.69) is 28.2 Å². The van der Waals surface area contributed by atoms with Crippen LogP contribution in [-0.4, -0.2) is 36.5 Å². The Morgan fingerprint density at radius 1 is 1.45 bits per heavy atom. The summed E-state index contributed by atoms with van der Waals surface area (Å²) in [5.74, 6) is -0.344. The van der Waals surface area contributed by atoms with Gasteiger partial charge in [-0.25, -0.2) is 4.39 Å². The number of benzene rings is 1. The van der Waals surface area contributed by atoms with Crippen LogP contribution in [0.25, 0.3) is 0 Å². The summed E-state index contributed by atoms with van der Waals surface area (Å²) in [5.41, 5.74) is 0.540. The molecule has 0 spiro atoms. The normalized spacial score (nSPS) is 16.1. The van der Waals surface area contributed by atoms with Crippen LogP contribution in [0.1, 0.15) is 36.5 Å². The van der Waals surface area contributed by atoms with Crippen LogP contribution in [0.4, 0.5) is 4.39 Å². The molecule has 110 valence electrons. The first-order chi connectivity index (χ1) is 9.63. The van der Waals surface area contributed by atoms with Crippen molar-refractivity contribution in [1.29, 1.82) is 0 Å². The fourth-order valence-corrected chi connectivity index (χ4v) is 3.15. The highest BCUT2D eigenvalue weighted by atomic mass is 79.9. The van der Waals surface area contributed by atoms with Crippen molar-refractivity contribution in [2.45, 2.75) is 32.2 Å². The van der Waals surface area contributed by atoms with Gasteiger partial charge in [-0.1, -0.05) is 6.92 Å². The molecule has 2 rings (SSSR count). The molecular weight excluding hydrogens is 323 g/mol. The Morgan fingerprint density at radius 3 is 2.75 bits per heavy atom.